The van der Waals surface area contributed by atoms with Crippen molar-refractivity contribution in [3.8, 4) is 0 Å². The molecule has 0 saturated carbocycles. The van der Waals surface area contributed by atoms with Crippen molar-refractivity contribution in [1.29, 1.82) is 0 Å². The summed E-state index contributed by atoms with van der Waals surface area (Å²) in [5, 5.41) is 8.02. The zero-order valence-corrected chi connectivity index (χ0v) is 11.4. The molecule has 2 heterocycles. The van der Waals surface area contributed by atoms with Gasteiger partial charge in [-0.1, -0.05) is 6.92 Å². The summed E-state index contributed by atoms with van der Waals surface area (Å²) in [4.78, 5) is 2.25. The van der Waals surface area contributed by atoms with Gasteiger partial charge in [0.2, 0.25) is 11.8 Å². The van der Waals surface area contributed by atoms with E-state index in [0.29, 0.717) is 0 Å². The van der Waals surface area contributed by atoms with Crippen LogP contribution in [0.4, 0.5) is 0 Å². The summed E-state index contributed by atoms with van der Waals surface area (Å²) in [5.41, 5.74) is 0. The fraction of sp³-hybridized carbons (Fsp3) is 0.846. The van der Waals surface area contributed by atoms with Crippen LogP contribution in [0.3, 0.4) is 0 Å². The lowest BCUT2D eigenvalue weighted by atomic mass is 9.96. The Morgan fingerprint density at radius 1 is 1.22 bits per heavy atom. The van der Waals surface area contributed by atoms with Gasteiger partial charge in [-0.15, -0.1) is 10.2 Å². The van der Waals surface area contributed by atoms with Gasteiger partial charge in [0.05, 0.1) is 6.54 Å². The molecule has 0 amide bonds. The number of hydrogen-bond acceptors (Lipinski definition) is 5. The Kier molecular flexibility index (Phi) is 5.13. The van der Waals surface area contributed by atoms with Gasteiger partial charge in [0, 0.05) is 19.6 Å². The number of nitrogens with zero attached hydrogens (tertiary/aromatic N) is 3. The first-order valence-electron chi connectivity index (χ1n) is 6.85. The molecule has 1 aromatic heterocycles. The fourth-order valence-electron chi connectivity index (χ4n) is 2.24. The van der Waals surface area contributed by atoms with Crippen LogP contribution in [-0.4, -0.2) is 41.9 Å². The van der Waals surface area contributed by atoms with Gasteiger partial charge < -0.3 is 9.15 Å². The average Bonchev–Trinajstić information content (AvgIpc) is 2.85. The zero-order valence-electron chi connectivity index (χ0n) is 11.4. The van der Waals surface area contributed by atoms with Crippen LogP contribution in [0.5, 0.6) is 0 Å². The van der Waals surface area contributed by atoms with E-state index in [4.69, 9.17) is 9.15 Å². The molecule has 5 nitrogen and oxygen atoms in total. The van der Waals surface area contributed by atoms with E-state index >= 15 is 0 Å². The van der Waals surface area contributed by atoms with Crippen LogP contribution in [0.1, 0.15) is 38.0 Å². The third-order valence-corrected chi connectivity index (χ3v) is 3.48. The lowest BCUT2D eigenvalue weighted by Gasteiger charge is -2.24. The summed E-state index contributed by atoms with van der Waals surface area (Å²) < 4.78 is 10.9. The first kappa shape index (κ1) is 13.5. The van der Waals surface area contributed by atoms with Crippen molar-refractivity contribution < 1.29 is 9.15 Å². The molecule has 0 atom stereocenters. The third-order valence-electron chi connectivity index (χ3n) is 3.48. The van der Waals surface area contributed by atoms with Crippen molar-refractivity contribution in [1.82, 2.24) is 15.1 Å². The molecule has 5 heteroatoms. The van der Waals surface area contributed by atoms with Crippen LogP contribution < -0.4 is 0 Å². The molecule has 0 N–H and O–H groups in total. The Labute approximate surface area is 109 Å². The van der Waals surface area contributed by atoms with Crippen LogP contribution in [0, 0.1) is 5.92 Å². The summed E-state index contributed by atoms with van der Waals surface area (Å²) >= 11 is 0. The van der Waals surface area contributed by atoms with Gasteiger partial charge in [-0.2, -0.15) is 0 Å². The van der Waals surface area contributed by atoms with E-state index in [2.05, 4.69) is 22.1 Å². The van der Waals surface area contributed by atoms with E-state index in [1.54, 1.807) is 0 Å². The van der Waals surface area contributed by atoms with Gasteiger partial charge in [-0.25, -0.2) is 0 Å². The highest BCUT2D eigenvalue weighted by atomic mass is 16.5. The van der Waals surface area contributed by atoms with Crippen molar-refractivity contribution in [2.45, 2.75) is 39.2 Å². The molecule has 1 aliphatic rings. The highest BCUT2D eigenvalue weighted by molar-refractivity contribution is 4.81. The number of aromatic nitrogens is 2. The summed E-state index contributed by atoms with van der Waals surface area (Å²) in [5.74, 6) is 2.26. The third kappa shape index (κ3) is 4.07. The molecule has 1 aliphatic heterocycles. The van der Waals surface area contributed by atoms with Crippen molar-refractivity contribution in [3.63, 3.8) is 0 Å². The maximum atomic E-state index is 5.51. The molecule has 0 unspecified atom stereocenters. The maximum absolute atomic E-state index is 5.51. The number of ether oxygens (including phenoxy) is 1. The van der Waals surface area contributed by atoms with Crippen molar-refractivity contribution >= 4 is 0 Å². The van der Waals surface area contributed by atoms with E-state index in [1.807, 2.05) is 6.92 Å². The molecule has 1 fully saturated rings. The molecule has 18 heavy (non-hydrogen) atoms. The Hall–Kier alpha value is -0.940. The van der Waals surface area contributed by atoms with Crippen LogP contribution in [0.15, 0.2) is 4.42 Å². The van der Waals surface area contributed by atoms with Crippen molar-refractivity contribution in [3.05, 3.63) is 11.8 Å². The molecule has 0 radical (unpaired) electrons. The average molecular weight is 253 g/mol. The summed E-state index contributed by atoms with van der Waals surface area (Å²) in [7, 11) is 2.11. The number of aryl methyl sites for hydroxylation is 1. The van der Waals surface area contributed by atoms with Gasteiger partial charge in [0.15, 0.2) is 0 Å². The Morgan fingerprint density at radius 3 is 2.61 bits per heavy atom. The highest BCUT2D eigenvalue weighted by Crippen LogP contribution is 2.18. The minimum absolute atomic E-state index is 0.723. The van der Waals surface area contributed by atoms with Gasteiger partial charge in [0.25, 0.3) is 0 Å². The maximum Gasteiger partial charge on any atom is 0.230 e. The van der Waals surface area contributed by atoms with Crippen LogP contribution >= 0.6 is 0 Å². The van der Waals surface area contributed by atoms with Crippen LogP contribution in [0.25, 0.3) is 0 Å². The minimum Gasteiger partial charge on any atom is -0.424 e. The minimum atomic E-state index is 0.723. The summed E-state index contributed by atoms with van der Waals surface area (Å²) in [6.45, 7) is 5.70. The van der Waals surface area contributed by atoms with E-state index in [-0.39, 0.29) is 0 Å². The predicted molar refractivity (Wildman–Crippen MR) is 68.2 cm³/mol. The van der Waals surface area contributed by atoms with E-state index in [1.165, 1.54) is 19.3 Å². The molecule has 102 valence electrons. The topological polar surface area (TPSA) is 51.4 Å². The van der Waals surface area contributed by atoms with Crippen molar-refractivity contribution in [2.24, 2.45) is 5.92 Å². The Bertz CT molecular complexity index is 348. The predicted octanol–water partition coefficient (Wildman–Crippen LogP) is 1.88. The summed E-state index contributed by atoms with van der Waals surface area (Å²) in [6, 6.07) is 0. The second-order valence-corrected chi connectivity index (χ2v) is 5.03. The second kappa shape index (κ2) is 6.85. The standard InChI is InChI=1S/C13H23N3O2/c1-3-12-14-15-13(18-12)10-16(2)7-4-11-5-8-17-9-6-11/h11H,3-10H2,1-2H3. The molecule has 0 aromatic carbocycles. The van der Waals surface area contributed by atoms with Gasteiger partial charge in [-0.05, 0) is 38.8 Å². The molecule has 1 aromatic rings. The fourth-order valence-corrected chi connectivity index (χ4v) is 2.24. The van der Waals surface area contributed by atoms with Crippen LogP contribution in [-0.2, 0) is 17.7 Å². The van der Waals surface area contributed by atoms with E-state index in [9.17, 15) is 0 Å². The van der Waals surface area contributed by atoms with Crippen LogP contribution in [0.2, 0.25) is 0 Å². The SMILES string of the molecule is CCc1nnc(CN(C)CCC2CCOCC2)o1. The molecule has 0 aliphatic carbocycles. The monoisotopic (exact) mass is 253 g/mol. The Morgan fingerprint density at radius 2 is 1.94 bits per heavy atom. The molecule has 2 rings (SSSR count). The van der Waals surface area contributed by atoms with Gasteiger partial charge >= 0.3 is 0 Å². The van der Waals surface area contributed by atoms with E-state index in [0.717, 1.165) is 50.4 Å². The first-order valence-corrected chi connectivity index (χ1v) is 6.85. The first-order chi connectivity index (χ1) is 8.78. The lowest BCUT2D eigenvalue weighted by Crippen LogP contribution is -2.24. The smallest absolute Gasteiger partial charge is 0.230 e. The van der Waals surface area contributed by atoms with Crippen molar-refractivity contribution in [2.75, 3.05) is 26.8 Å². The highest BCUT2D eigenvalue weighted by Gasteiger charge is 2.15. The molecular weight excluding hydrogens is 230 g/mol. The second-order valence-electron chi connectivity index (χ2n) is 5.03. The Balaban J connectivity index is 1.69. The zero-order chi connectivity index (χ0) is 12.8. The molecule has 0 bridgehead atoms. The summed E-state index contributed by atoms with van der Waals surface area (Å²) in [6.07, 6.45) is 4.44. The van der Waals surface area contributed by atoms with E-state index < -0.39 is 0 Å². The molecule has 0 spiro atoms. The number of rotatable bonds is 6. The molecule has 1 saturated heterocycles. The van der Waals surface area contributed by atoms with Gasteiger partial charge in [0.1, 0.15) is 0 Å². The molecular formula is C13H23N3O2. The number of hydrogen-bond donors (Lipinski definition) is 0. The quantitative estimate of drug-likeness (QED) is 0.774. The largest absolute Gasteiger partial charge is 0.424 e. The lowest BCUT2D eigenvalue weighted by molar-refractivity contribution is 0.0605. The van der Waals surface area contributed by atoms with Gasteiger partial charge in [-0.3, -0.25) is 4.90 Å². The normalized spacial score (nSPS) is 17.5.